The molecule has 4 nitrogen and oxygen atoms in total. The molecule has 3 aromatic carbocycles. The van der Waals surface area contributed by atoms with E-state index < -0.39 is 5.97 Å². The topological polar surface area (TPSA) is 52.6 Å². The Bertz CT molecular complexity index is 992. The van der Waals surface area contributed by atoms with Crippen LogP contribution >= 0.6 is 45.2 Å². The van der Waals surface area contributed by atoms with Crippen LogP contribution in [0.2, 0.25) is 0 Å². The molecule has 0 aliphatic rings. The van der Waals surface area contributed by atoms with Gasteiger partial charge in [-0.1, -0.05) is 40.8 Å². The van der Waals surface area contributed by atoms with Gasteiger partial charge in [0, 0.05) is 8.00 Å². The summed E-state index contributed by atoms with van der Waals surface area (Å²) in [6.07, 6.45) is 0.361. The van der Waals surface area contributed by atoms with Gasteiger partial charge in [-0.2, -0.15) is 0 Å². The van der Waals surface area contributed by atoms with Crippen LogP contribution in [0, 0.1) is 3.57 Å². The molecule has 1 atom stereocenters. The SMILES string of the molecule is O=C(CCI)OCCOC(=O)c1ccc([S+](c2ccccc2)c2ccc(I)cc2)cc1. The lowest BCUT2D eigenvalue weighted by molar-refractivity contribution is -0.144. The van der Waals surface area contributed by atoms with E-state index in [1.165, 1.54) is 13.4 Å². The number of carbonyl (C=O) groups is 2. The Kier molecular flexibility index (Phi) is 9.66. The molecule has 0 saturated heterocycles. The lowest BCUT2D eigenvalue weighted by atomic mass is 10.2. The maximum Gasteiger partial charge on any atom is 0.338 e. The molecule has 3 aromatic rings. The van der Waals surface area contributed by atoms with Gasteiger partial charge < -0.3 is 9.47 Å². The molecule has 0 fully saturated rings. The van der Waals surface area contributed by atoms with Crippen LogP contribution < -0.4 is 0 Å². The monoisotopic (exact) mass is 659 g/mol. The van der Waals surface area contributed by atoms with Crippen LogP contribution in [0.25, 0.3) is 0 Å². The smallest absolute Gasteiger partial charge is 0.338 e. The fourth-order valence-corrected chi connectivity index (χ4v) is 5.65. The lowest BCUT2D eigenvalue weighted by Gasteiger charge is -2.09. The van der Waals surface area contributed by atoms with Crippen LogP contribution in [-0.4, -0.2) is 29.6 Å². The summed E-state index contributed by atoms with van der Waals surface area (Å²) in [5.41, 5.74) is 0.474. The quantitative estimate of drug-likeness (QED) is 0.0943. The molecule has 0 N–H and O–H groups in total. The van der Waals surface area contributed by atoms with Gasteiger partial charge >= 0.3 is 11.9 Å². The first kappa shape index (κ1) is 24.1. The average Bonchev–Trinajstić information content (AvgIpc) is 2.79. The van der Waals surface area contributed by atoms with Crippen molar-refractivity contribution in [1.29, 1.82) is 0 Å². The molecule has 0 heterocycles. The van der Waals surface area contributed by atoms with Crippen molar-refractivity contribution in [2.24, 2.45) is 0 Å². The second kappa shape index (κ2) is 12.4. The molecule has 0 spiro atoms. The number of alkyl halides is 1. The first-order chi connectivity index (χ1) is 15.1. The van der Waals surface area contributed by atoms with Gasteiger partial charge in [0.25, 0.3) is 0 Å². The molecule has 31 heavy (non-hydrogen) atoms. The summed E-state index contributed by atoms with van der Waals surface area (Å²) in [6.45, 7) is 0.119. The van der Waals surface area contributed by atoms with Crippen molar-refractivity contribution in [2.75, 3.05) is 17.6 Å². The number of rotatable bonds is 9. The van der Waals surface area contributed by atoms with Crippen molar-refractivity contribution >= 4 is 68.0 Å². The number of ether oxygens (including phenoxy) is 2. The molecule has 0 aliphatic carbocycles. The van der Waals surface area contributed by atoms with E-state index in [0.29, 0.717) is 16.4 Å². The summed E-state index contributed by atoms with van der Waals surface area (Å²) >= 11 is 4.42. The first-order valence-corrected chi connectivity index (χ1v) is 13.4. The number of hydrogen-bond donors (Lipinski definition) is 0. The molecule has 0 aromatic heterocycles. The molecule has 1 unspecified atom stereocenters. The summed E-state index contributed by atoms with van der Waals surface area (Å²) in [6, 6.07) is 26.4. The molecular formula is C24H21I2O4S+. The van der Waals surface area contributed by atoms with Crippen LogP contribution in [0.15, 0.2) is 93.5 Å². The summed E-state index contributed by atoms with van der Waals surface area (Å²) < 4.78 is 12.1. The van der Waals surface area contributed by atoms with E-state index in [1.807, 2.05) is 30.3 Å². The Labute approximate surface area is 212 Å². The predicted octanol–water partition coefficient (Wildman–Crippen LogP) is 5.91. The highest BCUT2D eigenvalue weighted by atomic mass is 127. The van der Waals surface area contributed by atoms with Crippen LogP contribution in [0.4, 0.5) is 0 Å². The van der Waals surface area contributed by atoms with Gasteiger partial charge in [-0.25, -0.2) is 4.79 Å². The van der Waals surface area contributed by atoms with Gasteiger partial charge in [0.05, 0.1) is 22.9 Å². The fourth-order valence-electron chi connectivity index (χ4n) is 2.79. The zero-order chi connectivity index (χ0) is 22.1. The third kappa shape index (κ3) is 7.21. The van der Waals surface area contributed by atoms with E-state index in [9.17, 15) is 9.59 Å². The van der Waals surface area contributed by atoms with E-state index in [2.05, 4.69) is 81.6 Å². The third-order valence-corrected chi connectivity index (χ3v) is 7.72. The highest BCUT2D eigenvalue weighted by molar-refractivity contribution is 14.1. The minimum Gasteiger partial charge on any atom is -0.462 e. The summed E-state index contributed by atoms with van der Waals surface area (Å²) in [5.74, 6) is -0.705. The van der Waals surface area contributed by atoms with Crippen molar-refractivity contribution in [3.8, 4) is 0 Å². The molecule has 7 heteroatoms. The van der Waals surface area contributed by atoms with E-state index in [1.54, 1.807) is 12.1 Å². The van der Waals surface area contributed by atoms with Crippen LogP contribution in [-0.2, 0) is 25.2 Å². The summed E-state index contributed by atoms with van der Waals surface area (Å²) in [5, 5.41) is 0. The first-order valence-electron chi connectivity index (χ1n) is 9.62. The van der Waals surface area contributed by atoms with E-state index in [0.717, 1.165) is 4.90 Å². The Morgan fingerprint density at radius 3 is 1.90 bits per heavy atom. The maximum absolute atomic E-state index is 12.3. The molecule has 0 aliphatic heterocycles. The predicted molar refractivity (Wildman–Crippen MR) is 139 cm³/mol. The van der Waals surface area contributed by atoms with Gasteiger partial charge in [0.15, 0.2) is 14.7 Å². The van der Waals surface area contributed by atoms with E-state index in [4.69, 9.17) is 9.47 Å². The number of hydrogen-bond acceptors (Lipinski definition) is 4. The molecule has 0 bridgehead atoms. The average molecular weight is 659 g/mol. The molecular weight excluding hydrogens is 638 g/mol. The zero-order valence-corrected chi connectivity index (χ0v) is 21.8. The van der Waals surface area contributed by atoms with Crippen molar-refractivity contribution in [3.63, 3.8) is 0 Å². The standard InChI is InChI=1S/C24H21I2O4S/c25-15-14-23(27)29-16-17-30-24(28)18-6-10-21(11-7-18)31(20-4-2-1-3-5-20)22-12-8-19(26)9-13-22/h1-13H,14-17H2/q+1. The van der Waals surface area contributed by atoms with Crippen molar-refractivity contribution in [1.82, 2.24) is 0 Å². The van der Waals surface area contributed by atoms with E-state index >= 15 is 0 Å². The summed E-state index contributed by atoms with van der Waals surface area (Å²) in [7, 11) is -0.272. The number of benzene rings is 3. The second-order valence-corrected chi connectivity index (χ2v) is 10.7. The van der Waals surface area contributed by atoms with E-state index in [-0.39, 0.29) is 30.1 Å². The van der Waals surface area contributed by atoms with Crippen LogP contribution in [0.1, 0.15) is 16.8 Å². The van der Waals surface area contributed by atoms with Gasteiger partial charge in [-0.3, -0.25) is 4.79 Å². The fraction of sp³-hybridized carbons (Fsp3) is 0.167. The van der Waals surface area contributed by atoms with Crippen molar-refractivity contribution in [2.45, 2.75) is 21.1 Å². The Hall–Kier alpha value is -1.59. The Morgan fingerprint density at radius 1 is 0.742 bits per heavy atom. The van der Waals surface area contributed by atoms with Crippen LogP contribution in [0.5, 0.6) is 0 Å². The van der Waals surface area contributed by atoms with Gasteiger partial charge in [-0.15, -0.1) is 0 Å². The highest BCUT2D eigenvalue weighted by Gasteiger charge is 2.28. The number of halogens is 2. The normalized spacial score (nSPS) is 11.5. The number of esters is 2. The molecule has 0 amide bonds. The molecule has 160 valence electrons. The molecule has 0 radical (unpaired) electrons. The zero-order valence-electron chi connectivity index (χ0n) is 16.6. The Morgan fingerprint density at radius 2 is 1.29 bits per heavy atom. The number of carbonyl (C=O) groups excluding carboxylic acids is 2. The minimum absolute atomic E-state index is 0.0462. The van der Waals surface area contributed by atoms with Gasteiger partial charge in [0.2, 0.25) is 0 Å². The minimum atomic E-state index is -0.426. The lowest BCUT2D eigenvalue weighted by Crippen LogP contribution is -2.14. The molecule has 0 saturated carbocycles. The largest absolute Gasteiger partial charge is 0.462 e. The third-order valence-electron chi connectivity index (χ3n) is 4.23. The maximum atomic E-state index is 12.3. The van der Waals surface area contributed by atoms with Crippen molar-refractivity contribution in [3.05, 3.63) is 88.0 Å². The van der Waals surface area contributed by atoms with Gasteiger partial charge in [0.1, 0.15) is 13.2 Å². The second-order valence-electron chi connectivity index (χ2n) is 6.39. The molecule has 3 rings (SSSR count). The highest BCUT2D eigenvalue weighted by Crippen LogP contribution is 2.31. The van der Waals surface area contributed by atoms with Crippen LogP contribution in [0.3, 0.4) is 0 Å². The van der Waals surface area contributed by atoms with Gasteiger partial charge in [-0.05, 0) is 83.3 Å². The van der Waals surface area contributed by atoms with Crippen molar-refractivity contribution < 1.29 is 19.1 Å². The Balaban J connectivity index is 1.70. The summed E-state index contributed by atoms with van der Waals surface area (Å²) in [4.78, 5) is 27.2.